The standard InChI is InChI=1S/C16H23FN2O/c1-2-18-11-12-6-7-14(13(17)10-12)19-8-9-20-16-5-3-4-15(16)19/h6-7,10,15-16,18H,2-5,8-9,11H2,1H3. The number of nitrogens with zero attached hydrogens (tertiary/aromatic N) is 1. The molecule has 2 atom stereocenters. The molecule has 0 aromatic heterocycles. The maximum Gasteiger partial charge on any atom is 0.146 e. The number of nitrogens with one attached hydrogen (secondary N) is 1. The van der Waals surface area contributed by atoms with E-state index in [1.54, 1.807) is 6.07 Å². The minimum absolute atomic E-state index is 0.104. The highest BCUT2D eigenvalue weighted by Crippen LogP contribution is 2.34. The lowest BCUT2D eigenvalue weighted by atomic mass is 10.1. The Morgan fingerprint density at radius 1 is 1.40 bits per heavy atom. The lowest BCUT2D eigenvalue weighted by molar-refractivity contribution is 0.0254. The van der Waals surface area contributed by atoms with Crippen LogP contribution in [-0.2, 0) is 11.3 Å². The van der Waals surface area contributed by atoms with Crippen LogP contribution in [0.1, 0.15) is 31.7 Å². The third-order valence-corrected chi connectivity index (χ3v) is 4.38. The Kier molecular flexibility index (Phi) is 4.22. The van der Waals surface area contributed by atoms with Crippen LogP contribution in [0.2, 0.25) is 0 Å². The Morgan fingerprint density at radius 2 is 2.30 bits per heavy atom. The molecule has 2 aliphatic rings. The van der Waals surface area contributed by atoms with Gasteiger partial charge in [0.05, 0.1) is 24.4 Å². The average molecular weight is 278 g/mol. The largest absolute Gasteiger partial charge is 0.374 e. The maximum atomic E-state index is 14.4. The highest BCUT2D eigenvalue weighted by molar-refractivity contribution is 5.51. The monoisotopic (exact) mass is 278 g/mol. The first-order chi connectivity index (χ1) is 9.79. The summed E-state index contributed by atoms with van der Waals surface area (Å²) in [6.07, 6.45) is 3.71. The first-order valence-corrected chi connectivity index (χ1v) is 7.67. The first-order valence-electron chi connectivity index (χ1n) is 7.67. The van der Waals surface area contributed by atoms with Crippen molar-refractivity contribution in [3.8, 4) is 0 Å². The van der Waals surface area contributed by atoms with Crippen molar-refractivity contribution in [1.29, 1.82) is 0 Å². The van der Waals surface area contributed by atoms with Crippen LogP contribution in [-0.4, -0.2) is 31.8 Å². The van der Waals surface area contributed by atoms with Gasteiger partial charge in [-0.05, 0) is 43.5 Å². The summed E-state index contributed by atoms with van der Waals surface area (Å²) in [6, 6.07) is 5.98. The number of halogens is 1. The van der Waals surface area contributed by atoms with Gasteiger partial charge in [0.15, 0.2) is 0 Å². The third-order valence-electron chi connectivity index (χ3n) is 4.38. The van der Waals surface area contributed by atoms with Crippen molar-refractivity contribution >= 4 is 5.69 Å². The fourth-order valence-electron chi connectivity index (χ4n) is 3.39. The van der Waals surface area contributed by atoms with Crippen LogP contribution in [0.4, 0.5) is 10.1 Å². The zero-order chi connectivity index (χ0) is 13.9. The van der Waals surface area contributed by atoms with Crippen molar-refractivity contribution in [3.63, 3.8) is 0 Å². The second kappa shape index (κ2) is 6.10. The molecular formula is C16H23FN2O. The number of ether oxygens (including phenoxy) is 1. The van der Waals surface area contributed by atoms with Crippen molar-refractivity contribution < 1.29 is 9.13 Å². The van der Waals surface area contributed by atoms with Gasteiger partial charge in [-0.1, -0.05) is 13.0 Å². The Hall–Kier alpha value is -1.13. The average Bonchev–Trinajstić information content (AvgIpc) is 2.94. The van der Waals surface area contributed by atoms with Gasteiger partial charge in [0, 0.05) is 13.1 Å². The molecule has 1 saturated carbocycles. The van der Waals surface area contributed by atoms with Crippen LogP contribution < -0.4 is 10.2 Å². The van der Waals surface area contributed by atoms with E-state index in [4.69, 9.17) is 4.74 Å². The summed E-state index contributed by atoms with van der Waals surface area (Å²) in [7, 11) is 0. The van der Waals surface area contributed by atoms with Gasteiger partial charge in [-0.2, -0.15) is 0 Å². The fourth-order valence-corrected chi connectivity index (χ4v) is 3.39. The second-order valence-electron chi connectivity index (χ2n) is 5.67. The highest BCUT2D eigenvalue weighted by Gasteiger charge is 2.36. The predicted octanol–water partition coefficient (Wildman–Crippen LogP) is 2.69. The molecule has 1 aliphatic heterocycles. The molecule has 1 aromatic rings. The summed E-state index contributed by atoms with van der Waals surface area (Å²) < 4.78 is 20.2. The van der Waals surface area contributed by atoms with Gasteiger partial charge in [0.1, 0.15) is 5.82 Å². The summed E-state index contributed by atoms with van der Waals surface area (Å²) in [4.78, 5) is 2.22. The van der Waals surface area contributed by atoms with E-state index in [9.17, 15) is 4.39 Å². The molecule has 1 saturated heterocycles. The normalized spacial score (nSPS) is 25.8. The number of fused-ring (bicyclic) bond motifs is 1. The molecule has 4 heteroatoms. The number of rotatable bonds is 4. The van der Waals surface area contributed by atoms with Crippen LogP contribution in [0, 0.1) is 5.82 Å². The van der Waals surface area contributed by atoms with E-state index >= 15 is 0 Å². The van der Waals surface area contributed by atoms with Crippen molar-refractivity contribution in [2.45, 2.75) is 44.9 Å². The van der Waals surface area contributed by atoms with Crippen LogP contribution in [0.3, 0.4) is 0 Å². The zero-order valence-corrected chi connectivity index (χ0v) is 12.1. The quantitative estimate of drug-likeness (QED) is 0.916. The van der Waals surface area contributed by atoms with Gasteiger partial charge in [-0.15, -0.1) is 0 Å². The smallest absolute Gasteiger partial charge is 0.146 e. The van der Waals surface area contributed by atoms with Crippen molar-refractivity contribution in [2.75, 3.05) is 24.6 Å². The molecule has 1 heterocycles. The van der Waals surface area contributed by atoms with Crippen molar-refractivity contribution in [2.24, 2.45) is 0 Å². The second-order valence-corrected chi connectivity index (χ2v) is 5.67. The van der Waals surface area contributed by atoms with E-state index in [1.165, 1.54) is 6.42 Å². The van der Waals surface area contributed by atoms with Gasteiger partial charge in [-0.25, -0.2) is 4.39 Å². The minimum atomic E-state index is -0.104. The summed E-state index contributed by atoms with van der Waals surface area (Å²) in [5.41, 5.74) is 1.75. The molecule has 2 fully saturated rings. The maximum absolute atomic E-state index is 14.4. The lowest BCUT2D eigenvalue weighted by Crippen LogP contribution is -2.49. The van der Waals surface area contributed by atoms with Gasteiger partial charge >= 0.3 is 0 Å². The molecule has 0 spiro atoms. The molecule has 3 rings (SSSR count). The molecular weight excluding hydrogens is 255 g/mol. The summed E-state index contributed by atoms with van der Waals surface area (Å²) in [6.45, 7) is 5.18. The topological polar surface area (TPSA) is 24.5 Å². The molecule has 3 nitrogen and oxygen atoms in total. The molecule has 1 aromatic carbocycles. The van der Waals surface area contributed by atoms with Crippen LogP contribution >= 0.6 is 0 Å². The number of hydrogen-bond donors (Lipinski definition) is 1. The zero-order valence-electron chi connectivity index (χ0n) is 12.1. The molecule has 110 valence electrons. The molecule has 1 aliphatic carbocycles. The SMILES string of the molecule is CCNCc1ccc(N2CCOC3CCCC32)c(F)c1. The Balaban J connectivity index is 1.79. The van der Waals surface area contributed by atoms with Gasteiger partial charge in [-0.3, -0.25) is 0 Å². The van der Waals surface area contributed by atoms with E-state index in [0.29, 0.717) is 18.8 Å². The Morgan fingerprint density at radius 3 is 3.10 bits per heavy atom. The predicted molar refractivity (Wildman–Crippen MR) is 78.5 cm³/mol. The van der Waals surface area contributed by atoms with Gasteiger partial charge < -0.3 is 15.0 Å². The molecule has 0 bridgehead atoms. The lowest BCUT2D eigenvalue weighted by Gasteiger charge is -2.39. The van der Waals surface area contributed by atoms with E-state index in [0.717, 1.165) is 43.7 Å². The number of hydrogen-bond acceptors (Lipinski definition) is 3. The molecule has 20 heavy (non-hydrogen) atoms. The van der Waals surface area contributed by atoms with E-state index in [-0.39, 0.29) is 5.82 Å². The summed E-state index contributed by atoms with van der Waals surface area (Å²) in [5, 5.41) is 3.23. The van der Waals surface area contributed by atoms with E-state index < -0.39 is 0 Å². The molecule has 0 amide bonds. The van der Waals surface area contributed by atoms with E-state index in [1.807, 2.05) is 12.1 Å². The van der Waals surface area contributed by atoms with E-state index in [2.05, 4.69) is 17.1 Å². The third kappa shape index (κ3) is 2.67. The molecule has 0 radical (unpaired) electrons. The van der Waals surface area contributed by atoms with Crippen molar-refractivity contribution in [3.05, 3.63) is 29.6 Å². The van der Waals surface area contributed by atoms with Gasteiger partial charge in [0.25, 0.3) is 0 Å². The first kappa shape index (κ1) is 13.8. The van der Waals surface area contributed by atoms with Crippen molar-refractivity contribution in [1.82, 2.24) is 5.32 Å². The molecule has 1 N–H and O–H groups in total. The summed E-state index contributed by atoms with van der Waals surface area (Å²) in [5.74, 6) is -0.104. The molecule has 2 unspecified atom stereocenters. The van der Waals surface area contributed by atoms with Crippen LogP contribution in [0.25, 0.3) is 0 Å². The number of benzene rings is 1. The van der Waals surface area contributed by atoms with Crippen LogP contribution in [0.15, 0.2) is 18.2 Å². The minimum Gasteiger partial charge on any atom is -0.374 e. The Bertz CT molecular complexity index is 466. The number of morpholine rings is 1. The van der Waals surface area contributed by atoms with Crippen LogP contribution in [0.5, 0.6) is 0 Å². The summed E-state index contributed by atoms with van der Waals surface area (Å²) >= 11 is 0. The fraction of sp³-hybridized carbons (Fsp3) is 0.625. The Labute approximate surface area is 120 Å². The van der Waals surface area contributed by atoms with Gasteiger partial charge in [0.2, 0.25) is 0 Å². The highest BCUT2D eigenvalue weighted by atomic mass is 19.1. The number of anilines is 1.